The monoisotopic (exact) mass is 443 g/mol. The molecule has 1 unspecified atom stereocenters. The van der Waals surface area contributed by atoms with Crippen LogP contribution in [0.5, 0.6) is 0 Å². The van der Waals surface area contributed by atoms with Gasteiger partial charge < -0.3 is 20.5 Å². The van der Waals surface area contributed by atoms with Crippen LogP contribution in [-0.2, 0) is 16.0 Å². The van der Waals surface area contributed by atoms with E-state index in [0.717, 1.165) is 41.2 Å². The van der Waals surface area contributed by atoms with Crippen molar-refractivity contribution in [3.8, 4) is 11.3 Å². The summed E-state index contributed by atoms with van der Waals surface area (Å²) in [5.74, 6) is 0.232. The Hall–Kier alpha value is -3.94. The highest BCUT2D eigenvalue weighted by molar-refractivity contribution is 6.07. The van der Waals surface area contributed by atoms with Crippen LogP contribution in [0.2, 0.25) is 0 Å². The van der Waals surface area contributed by atoms with Gasteiger partial charge >= 0.3 is 0 Å². The molecule has 1 fully saturated rings. The van der Waals surface area contributed by atoms with Gasteiger partial charge in [0.1, 0.15) is 11.9 Å². The number of likely N-dealkylation sites (tertiary alicyclic amines) is 1. The van der Waals surface area contributed by atoms with Crippen molar-refractivity contribution in [2.24, 2.45) is 0 Å². The Morgan fingerprint density at radius 3 is 2.70 bits per heavy atom. The smallest absolute Gasteiger partial charge is 0.248 e. The standard InChI is InChI=1S/C25H25N5O3/c1-30-18(10-11-21(30)32)25(33)29-20-14-15(12-13-26-20)23-24(27-16-6-3-2-4-7-16)22-17(28-23)8-5-9-19(22)31/h2-4,6-7,12-14,18,27-28H,5,8-11H2,1H3,(H,26,29,33). The number of Topliss-reactive ketones (excluding diaryl/α,β-unsaturated/α-hetero) is 1. The molecule has 1 aliphatic heterocycles. The maximum atomic E-state index is 12.8. The Morgan fingerprint density at radius 1 is 1.12 bits per heavy atom. The number of aromatic amines is 1. The summed E-state index contributed by atoms with van der Waals surface area (Å²) in [6.07, 6.45) is 4.65. The third kappa shape index (κ3) is 4.00. The first kappa shape index (κ1) is 20.9. The molecule has 1 saturated heterocycles. The van der Waals surface area contributed by atoms with Crippen LogP contribution < -0.4 is 10.6 Å². The van der Waals surface area contributed by atoms with Crippen LogP contribution in [0, 0.1) is 0 Å². The molecule has 3 heterocycles. The maximum Gasteiger partial charge on any atom is 0.248 e. The number of rotatable bonds is 5. The lowest BCUT2D eigenvalue weighted by Crippen LogP contribution is -2.39. The number of para-hydroxylation sites is 1. The van der Waals surface area contributed by atoms with E-state index in [-0.39, 0.29) is 17.6 Å². The second kappa shape index (κ2) is 8.54. The van der Waals surface area contributed by atoms with Gasteiger partial charge in [0.2, 0.25) is 11.8 Å². The van der Waals surface area contributed by atoms with Crippen LogP contribution in [0.25, 0.3) is 11.3 Å². The minimum Gasteiger partial charge on any atom is -0.356 e. The molecule has 1 atom stereocenters. The lowest BCUT2D eigenvalue weighted by Gasteiger charge is -2.19. The van der Waals surface area contributed by atoms with E-state index in [1.165, 1.54) is 4.90 Å². The predicted octanol–water partition coefficient (Wildman–Crippen LogP) is 3.90. The zero-order valence-electron chi connectivity index (χ0n) is 18.4. The second-order valence-electron chi connectivity index (χ2n) is 8.47. The topological polar surface area (TPSA) is 107 Å². The van der Waals surface area contributed by atoms with Crippen molar-refractivity contribution in [1.82, 2.24) is 14.9 Å². The molecule has 2 amide bonds. The van der Waals surface area contributed by atoms with Crippen molar-refractivity contribution in [3.05, 3.63) is 59.9 Å². The van der Waals surface area contributed by atoms with Crippen molar-refractivity contribution in [2.75, 3.05) is 17.7 Å². The average Bonchev–Trinajstić information content (AvgIpc) is 3.35. The minimum absolute atomic E-state index is 0.0323. The van der Waals surface area contributed by atoms with E-state index >= 15 is 0 Å². The Labute approximate surface area is 191 Å². The number of carbonyl (C=O) groups is 3. The Bertz CT molecular complexity index is 1230. The number of amides is 2. The zero-order chi connectivity index (χ0) is 22.9. The minimum atomic E-state index is -0.492. The molecule has 33 heavy (non-hydrogen) atoms. The summed E-state index contributed by atoms with van der Waals surface area (Å²) >= 11 is 0. The summed E-state index contributed by atoms with van der Waals surface area (Å²) in [6, 6.07) is 12.9. The molecule has 0 radical (unpaired) electrons. The number of hydrogen-bond donors (Lipinski definition) is 3. The van der Waals surface area contributed by atoms with Crippen molar-refractivity contribution in [3.63, 3.8) is 0 Å². The number of fused-ring (bicyclic) bond motifs is 1. The van der Waals surface area contributed by atoms with Crippen LogP contribution >= 0.6 is 0 Å². The lowest BCUT2D eigenvalue weighted by molar-refractivity contribution is -0.131. The van der Waals surface area contributed by atoms with Crippen molar-refractivity contribution in [2.45, 2.75) is 38.1 Å². The van der Waals surface area contributed by atoms with Gasteiger partial charge in [0.05, 0.1) is 16.9 Å². The number of nitrogens with zero attached hydrogens (tertiary/aromatic N) is 2. The molecule has 1 aromatic carbocycles. The summed E-state index contributed by atoms with van der Waals surface area (Å²) in [6.45, 7) is 0. The van der Waals surface area contributed by atoms with Gasteiger partial charge in [-0.3, -0.25) is 14.4 Å². The largest absolute Gasteiger partial charge is 0.356 e. The van der Waals surface area contributed by atoms with Crippen LogP contribution in [-0.4, -0.2) is 45.6 Å². The van der Waals surface area contributed by atoms with Gasteiger partial charge in [-0.2, -0.15) is 0 Å². The quantitative estimate of drug-likeness (QED) is 0.554. The Kier molecular flexibility index (Phi) is 5.42. The molecule has 2 aliphatic rings. The lowest BCUT2D eigenvalue weighted by atomic mass is 9.95. The SMILES string of the molecule is CN1C(=O)CCC1C(=O)Nc1cc(-c2[nH]c3c(c2Nc2ccccc2)C(=O)CCC3)ccn1. The average molecular weight is 444 g/mol. The number of aromatic nitrogens is 2. The molecule has 3 N–H and O–H groups in total. The van der Waals surface area contributed by atoms with Gasteiger partial charge in [-0.25, -0.2) is 4.98 Å². The fraction of sp³-hybridized carbons (Fsp3) is 0.280. The van der Waals surface area contributed by atoms with Crippen molar-refractivity contribution >= 4 is 34.8 Å². The van der Waals surface area contributed by atoms with Gasteiger partial charge in [0.15, 0.2) is 5.78 Å². The highest BCUT2D eigenvalue weighted by atomic mass is 16.2. The van der Waals surface area contributed by atoms with Gasteiger partial charge in [-0.1, -0.05) is 18.2 Å². The number of carbonyl (C=O) groups excluding carboxylic acids is 3. The van der Waals surface area contributed by atoms with Gasteiger partial charge in [0.25, 0.3) is 0 Å². The van der Waals surface area contributed by atoms with Crippen molar-refractivity contribution in [1.29, 1.82) is 0 Å². The number of anilines is 3. The Morgan fingerprint density at radius 2 is 1.94 bits per heavy atom. The zero-order valence-corrected chi connectivity index (χ0v) is 18.4. The molecule has 2 aromatic heterocycles. The van der Waals surface area contributed by atoms with E-state index in [9.17, 15) is 14.4 Å². The van der Waals surface area contributed by atoms with E-state index in [1.54, 1.807) is 19.3 Å². The Balaban J connectivity index is 1.49. The van der Waals surface area contributed by atoms with Crippen LogP contribution in [0.1, 0.15) is 41.7 Å². The number of likely N-dealkylation sites (N-methyl/N-ethyl adjacent to an activating group) is 1. The third-order valence-corrected chi connectivity index (χ3v) is 6.33. The molecular weight excluding hydrogens is 418 g/mol. The summed E-state index contributed by atoms with van der Waals surface area (Å²) in [4.78, 5) is 46.5. The molecule has 0 spiro atoms. The summed E-state index contributed by atoms with van der Waals surface area (Å²) in [7, 11) is 1.64. The van der Waals surface area contributed by atoms with Crippen LogP contribution in [0.15, 0.2) is 48.7 Å². The molecule has 8 heteroatoms. The molecule has 5 rings (SSSR count). The third-order valence-electron chi connectivity index (χ3n) is 6.33. The maximum absolute atomic E-state index is 12.8. The first-order valence-corrected chi connectivity index (χ1v) is 11.1. The number of benzene rings is 1. The normalized spacial score (nSPS) is 17.7. The molecule has 8 nitrogen and oxygen atoms in total. The first-order chi connectivity index (χ1) is 16.0. The highest BCUT2D eigenvalue weighted by Gasteiger charge is 2.33. The highest BCUT2D eigenvalue weighted by Crippen LogP contribution is 2.39. The van der Waals surface area contributed by atoms with Crippen LogP contribution in [0.4, 0.5) is 17.2 Å². The summed E-state index contributed by atoms with van der Waals surface area (Å²) < 4.78 is 0. The molecule has 0 bridgehead atoms. The summed E-state index contributed by atoms with van der Waals surface area (Å²) in [5.41, 5.74) is 4.84. The fourth-order valence-corrected chi connectivity index (χ4v) is 4.58. The van der Waals surface area contributed by atoms with Gasteiger partial charge in [-0.05, 0) is 43.5 Å². The fourth-order valence-electron chi connectivity index (χ4n) is 4.58. The van der Waals surface area contributed by atoms with E-state index in [0.29, 0.717) is 30.6 Å². The number of aryl methyl sites for hydroxylation is 1. The number of nitrogens with one attached hydrogen (secondary N) is 3. The second-order valence-corrected chi connectivity index (χ2v) is 8.47. The van der Waals surface area contributed by atoms with E-state index < -0.39 is 6.04 Å². The van der Waals surface area contributed by atoms with Crippen molar-refractivity contribution < 1.29 is 14.4 Å². The number of H-pyrrole nitrogens is 1. The van der Waals surface area contributed by atoms with Crippen LogP contribution in [0.3, 0.4) is 0 Å². The van der Waals surface area contributed by atoms with Gasteiger partial charge in [-0.15, -0.1) is 0 Å². The summed E-state index contributed by atoms with van der Waals surface area (Å²) in [5, 5.41) is 6.26. The molecule has 0 saturated carbocycles. The predicted molar refractivity (Wildman–Crippen MR) is 125 cm³/mol. The molecule has 168 valence electrons. The number of ketones is 1. The molecular formula is C25H25N5O3. The van der Waals surface area contributed by atoms with Gasteiger partial charge in [0, 0.05) is 43.0 Å². The van der Waals surface area contributed by atoms with E-state index in [4.69, 9.17) is 0 Å². The molecule has 1 aliphatic carbocycles. The van der Waals surface area contributed by atoms with E-state index in [2.05, 4.69) is 20.6 Å². The number of pyridine rings is 1. The van der Waals surface area contributed by atoms with E-state index in [1.807, 2.05) is 36.4 Å². The molecule has 3 aromatic rings. The number of hydrogen-bond acceptors (Lipinski definition) is 5. The first-order valence-electron chi connectivity index (χ1n) is 11.1.